The summed E-state index contributed by atoms with van der Waals surface area (Å²) in [6.45, 7) is 0. The van der Waals surface area contributed by atoms with E-state index in [1.165, 1.54) is 11.3 Å². The molecular weight excluding hydrogens is 264 g/mol. The molecule has 2 heterocycles. The minimum absolute atomic E-state index is 0.231. The number of aromatic nitrogens is 1. The third-order valence-electron chi connectivity index (χ3n) is 3.11. The molecular formula is C12H12N4O2S. The number of hydrogen-bond acceptors (Lipinski definition) is 6. The first-order valence-corrected chi connectivity index (χ1v) is 6.75. The summed E-state index contributed by atoms with van der Waals surface area (Å²) in [4.78, 5) is 27.0. The topological polar surface area (TPSA) is 97.1 Å². The van der Waals surface area contributed by atoms with Crippen molar-refractivity contribution in [1.29, 1.82) is 0 Å². The number of thiazole rings is 1. The number of nitrogens with zero attached hydrogens (tertiary/aromatic N) is 1. The van der Waals surface area contributed by atoms with Gasteiger partial charge in [0.15, 0.2) is 0 Å². The lowest BCUT2D eigenvalue weighted by Gasteiger charge is -2.23. The maximum atomic E-state index is 11.7. The fourth-order valence-electron chi connectivity index (χ4n) is 2.10. The molecule has 1 unspecified atom stereocenters. The van der Waals surface area contributed by atoms with E-state index < -0.39 is 6.04 Å². The van der Waals surface area contributed by atoms with E-state index in [1.807, 2.05) is 12.1 Å². The molecule has 1 aliphatic rings. The van der Waals surface area contributed by atoms with Crippen LogP contribution >= 0.6 is 11.3 Å². The van der Waals surface area contributed by atoms with Crippen LogP contribution in [-0.2, 0) is 9.59 Å². The van der Waals surface area contributed by atoms with Gasteiger partial charge in [0.2, 0.25) is 11.8 Å². The van der Waals surface area contributed by atoms with Gasteiger partial charge in [-0.1, -0.05) is 0 Å². The van der Waals surface area contributed by atoms with Crippen molar-refractivity contribution in [2.45, 2.75) is 18.9 Å². The van der Waals surface area contributed by atoms with Crippen LogP contribution in [0.4, 0.5) is 11.4 Å². The first kappa shape index (κ1) is 11.9. The van der Waals surface area contributed by atoms with E-state index in [2.05, 4.69) is 15.6 Å². The molecule has 3 rings (SSSR count). The number of amides is 2. The highest BCUT2D eigenvalue weighted by molar-refractivity contribution is 7.16. The molecule has 1 aromatic heterocycles. The normalized spacial score (nSPS) is 19.5. The third kappa shape index (κ3) is 2.12. The summed E-state index contributed by atoms with van der Waals surface area (Å²) >= 11 is 1.51. The second kappa shape index (κ2) is 4.51. The highest BCUT2D eigenvalue weighted by Gasteiger charge is 2.26. The van der Waals surface area contributed by atoms with Crippen molar-refractivity contribution < 1.29 is 9.59 Å². The van der Waals surface area contributed by atoms with E-state index >= 15 is 0 Å². The van der Waals surface area contributed by atoms with Gasteiger partial charge in [0.05, 0.1) is 21.6 Å². The second-order valence-electron chi connectivity index (χ2n) is 4.37. The lowest BCUT2D eigenvalue weighted by molar-refractivity contribution is -0.133. The van der Waals surface area contributed by atoms with E-state index in [0.29, 0.717) is 24.2 Å². The molecule has 98 valence electrons. The molecule has 0 radical (unpaired) electrons. The summed E-state index contributed by atoms with van der Waals surface area (Å²) in [6, 6.07) is 3.31. The predicted octanol–water partition coefficient (Wildman–Crippen LogP) is 1.10. The van der Waals surface area contributed by atoms with Gasteiger partial charge in [0.1, 0.15) is 11.6 Å². The molecule has 1 aliphatic heterocycles. The Morgan fingerprint density at radius 2 is 2.26 bits per heavy atom. The minimum atomic E-state index is -0.434. The fourth-order valence-corrected chi connectivity index (χ4v) is 2.79. The number of carbonyl (C=O) groups is 2. The van der Waals surface area contributed by atoms with Crippen LogP contribution < -0.4 is 16.4 Å². The predicted molar refractivity (Wildman–Crippen MR) is 73.8 cm³/mol. The smallest absolute Gasteiger partial charge is 0.249 e. The Labute approximate surface area is 113 Å². The van der Waals surface area contributed by atoms with E-state index in [0.717, 1.165) is 10.2 Å². The molecule has 1 fully saturated rings. The van der Waals surface area contributed by atoms with Gasteiger partial charge in [-0.05, 0) is 18.6 Å². The number of benzene rings is 1. The Kier molecular flexibility index (Phi) is 2.83. The Morgan fingerprint density at radius 3 is 3.05 bits per heavy atom. The van der Waals surface area contributed by atoms with Crippen molar-refractivity contribution >= 4 is 44.7 Å². The number of nitrogen functional groups attached to an aromatic ring is 1. The summed E-state index contributed by atoms with van der Waals surface area (Å²) in [5.41, 5.74) is 9.71. The molecule has 4 N–H and O–H groups in total. The van der Waals surface area contributed by atoms with Gasteiger partial charge >= 0.3 is 0 Å². The van der Waals surface area contributed by atoms with Crippen LogP contribution in [0.25, 0.3) is 10.2 Å². The molecule has 0 bridgehead atoms. The number of anilines is 2. The summed E-state index contributed by atoms with van der Waals surface area (Å²) in [6.07, 6.45) is 0.807. The number of carbonyl (C=O) groups excluding carboxylic acids is 2. The van der Waals surface area contributed by atoms with Crippen LogP contribution in [0.15, 0.2) is 17.6 Å². The summed E-state index contributed by atoms with van der Waals surface area (Å²) in [7, 11) is 0. The summed E-state index contributed by atoms with van der Waals surface area (Å²) in [5, 5.41) is 5.38. The molecule has 0 spiro atoms. The van der Waals surface area contributed by atoms with E-state index in [4.69, 9.17) is 5.73 Å². The summed E-state index contributed by atoms with van der Waals surface area (Å²) in [5.74, 6) is -0.542. The molecule has 1 saturated heterocycles. The molecule has 1 atom stereocenters. The van der Waals surface area contributed by atoms with E-state index in [-0.39, 0.29) is 11.8 Å². The molecule has 2 aromatic rings. The zero-order chi connectivity index (χ0) is 13.4. The van der Waals surface area contributed by atoms with Crippen LogP contribution in [0.2, 0.25) is 0 Å². The van der Waals surface area contributed by atoms with Crippen molar-refractivity contribution in [3.63, 3.8) is 0 Å². The van der Waals surface area contributed by atoms with Crippen LogP contribution in [0.3, 0.4) is 0 Å². The molecule has 0 saturated carbocycles. The summed E-state index contributed by atoms with van der Waals surface area (Å²) < 4.78 is 1.01. The Balaban J connectivity index is 1.87. The molecule has 19 heavy (non-hydrogen) atoms. The average Bonchev–Trinajstić information content (AvgIpc) is 2.85. The minimum Gasteiger partial charge on any atom is -0.395 e. The molecule has 6 nitrogen and oxygen atoms in total. The number of imide groups is 1. The monoisotopic (exact) mass is 276 g/mol. The van der Waals surface area contributed by atoms with Crippen LogP contribution in [0.5, 0.6) is 0 Å². The molecule has 2 amide bonds. The van der Waals surface area contributed by atoms with Gasteiger partial charge < -0.3 is 11.1 Å². The van der Waals surface area contributed by atoms with Crippen molar-refractivity contribution in [3.8, 4) is 0 Å². The van der Waals surface area contributed by atoms with Crippen LogP contribution in [0, 0.1) is 0 Å². The number of nitrogens with two attached hydrogens (primary N) is 1. The van der Waals surface area contributed by atoms with Crippen molar-refractivity contribution in [1.82, 2.24) is 10.3 Å². The van der Waals surface area contributed by atoms with Crippen molar-refractivity contribution in [2.75, 3.05) is 11.1 Å². The van der Waals surface area contributed by atoms with Gasteiger partial charge in [-0.2, -0.15) is 0 Å². The van der Waals surface area contributed by atoms with Crippen LogP contribution in [-0.4, -0.2) is 22.8 Å². The van der Waals surface area contributed by atoms with Crippen LogP contribution in [0.1, 0.15) is 12.8 Å². The first-order chi connectivity index (χ1) is 9.15. The molecule has 0 aliphatic carbocycles. The lowest BCUT2D eigenvalue weighted by Crippen LogP contribution is -2.47. The number of rotatable bonds is 2. The van der Waals surface area contributed by atoms with E-state index in [1.54, 1.807) is 5.51 Å². The second-order valence-corrected chi connectivity index (χ2v) is 5.26. The Bertz CT molecular complexity index is 667. The maximum Gasteiger partial charge on any atom is 0.249 e. The zero-order valence-corrected chi connectivity index (χ0v) is 10.8. The molecule has 7 heteroatoms. The third-order valence-corrected chi connectivity index (χ3v) is 3.90. The first-order valence-electron chi connectivity index (χ1n) is 5.87. The van der Waals surface area contributed by atoms with Gasteiger partial charge in [0, 0.05) is 6.42 Å². The van der Waals surface area contributed by atoms with Crippen molar-refractivity contribution in [2.24, 2.45) is 0 Å². The standard InChI is InChI=1S/C12H12N4O2S/c13-10-6(1-3-8-11(10)14-5-19-8)15-7-2-4-9(17)16-12(7)18/h1,3,5,7,15H,2,4,13H2,(H,16,17,18). The molecule has 1 aromatic carbocycles. The SMILES string of the molecule is Nc1c(NC2CCC(=O)NC2=O)ccc2scnc12. The number of piperidine rings is 1. The highest BCUT2D eigenvalue weighted by Crippen LogP contribution is 2.30. The number of fused-ring (bicyclic) bond motifs is 1. The number of hydrogen-bond donors (Lipinski definition) is 3. The van der Waals surface area contributed by atoms with Crippen molar-refractivity contribution in [3.05, 3.63) is 17.6 Å². The van der Waals surface area contributed by atoms with Gasteiger partial charge in [-0.3, -0.25) is 14.9 Å². The Morgan fingerprint density at radius 1 is 1.42 bits per heavy atom. The van der Waals surface area contributed by atoms with Gasteiger partial charge in [-0.15, -0.1) is 11.3 Å². The zero-order valence-electron chi connectivity index (χ0n) is 9.97. The van der Waals surface area contributed by atoms with Gasteiger partial charge in [-0.25, -0.2) is 4.98 Å². The number of nitrogens with one attached hydrogen (secondary N) is 2. The van der Waals surface area contributed by atoms with E-state index in [9.17, 15) is 9.59 Å². The Hall–Kier alpha value is -2.15. The quantitative estimate of drug-likeness (QED) is 0.563. The van der Waals surface area contributed by atoms with Gasteiger partial charge in [0.25, 0.3) is 0 Å². The maximum absolute atomic E-state index is 11.7. The highest BCUT2D eigenvalue weighted by atomic mass is 32.1. The fraction of sp³-hybridized carbons (Fsp3) is 0.250. The average molecular weight is 276 g/mol. The largest absolute Gasteiger partial charge is 0.395 e. The lowest BCUT2D eigenvalue weighted by atomic mass is 10.1.